The second-order valence-corrected chi connectivity index (χ2v) is 10.1. The minimum absolute atomic E-state index is 0.192. The average molecular weight is 528 g/mol. The number of hydrogen-bond acceptors (Lipinski definition) is 7. The van der Waals surface area contributed by atoms with Gasteiger partial charge in [0.1, 0.15) is 11.6 Å². The summed E-state index contributed by atoms with van der Waals surface area (Å²) < 4.78 is 6.96. The second-order valence-electron chi connectivity index (χ2n) is 10.1. The molecule has 0 bridgehead atoms. The number of carbonyl (C=O) groups is 2. The molecular weight excluding hydrogens is 494 g/mol. The van der Waals surface area contributed by atoms with E-state index in [1.807, 2.05) is 48.9 Å². The van der Waals surface area contributed by atoms with E-state index < -0.39 is 0 Å². The van der Waals surface area contributed by atoms with Crippen LogP contribution in [0.1, 0.15) is 50.8 Å². The van der Waals surface area contributed by atoms with E-state index in [4.69, 9.17) is 4.52 Å². The molecule has 10 heteroatoms. The van der Waals surface area contributed by atoms with E-state index >= 15 is 0 Å². The topological polar surface area (TPSA) is 117 Å². The number of anilines is 3. The Kier molecular flexibility index (Phi) is 7.47. The predicted octanol–water partition coefficient (Wildman–Crippen LogP) is 4.80. The quantitative estimate of drug-likeness (QED) is 0.316. The Labute approximate surface area is 227 Å². The van der Waals surface area contributed by atoms with Gasteiger partial charge in [-0.1, -0.05) is 11.2 Å². The second kappa shape index (κ2) is 11.1. The van der Waals surface area contributed by atoms with Crippen LogP contribution in [0.4, 0.5) is 17.1 Å². The highest BCUT2D eigenvalue weighted by Crippen LogP contribution is 2.25. The summed E-state index contributed by atoms with van der Waals surface area (Å²) in [5.41, 5.74) is 4.44. The molecule has 1 aliphatic rings. The van der Waals surface area contributed by atoms with E-state index in [1.54, 1.807) is 25.3 Å². The van der Waals surface area contributed by atoms with Crippen LogP contribution in [0.5, 0.6) is 0 Å². The largest absolute Gasteiger partial charge is 0.382 e. The van der Waals surface area contributed by atoms with Gasteiger partial charge in [0.2, 0.25) is 0 Å². The van der Waals surface area contributed by atoms with Gasteiger partial charge in [-0.3, -0.25) is 9.59 Å². The number of amides is 2. The van der Waals surface area contributed by atoms with Gasteiger partial charge in [-0.15, -0.1) is 0 Å². The van der Waals surface area contributed by atoms with E-state index in [1.165, 1.54) is 0 Å². The molecule has 0 atom stereocenters. The first-order chi connectivity index (χ1) is 18.7. The van der Waals surface area contributed by atoms with Crippen LogP contribution < -0.4 is 16.0 Å². The van der Waals surface area contributed by atoms with Crippen molar-refractivity contribution < 1.29 is 14.1 Å². The van der Waals surface area contributed by atoms with Crippen LogP contribution >= 0.6 is 0 Å². The summed E-state index contributed by atoms with van der Waals surface area (Å²) in [7, 11) is 2.14. The number of likely N-dealkylation sites (tertiary alicyclic amines) is 1. The number of hydrogen-bond donors (Lipinski definition) is 3. The van der Waals surface area contributed by atoms with Gasteiger partial charge in [0, 0.05) is 52.8 Å². The maximum atomic E-state index is 13.5. The third kappa shape index (κ3) is 6.18. The van der Waals surface area contributed by atoms with E-state index in [9.17, 15) is 9.59 Å². The molecule has 5 rings (SSSR count). The van der Waals surface area contributed by atoms with Crippen LogP contribution in [0.25, 0.3) is 5.69 Å². The first-order valence-corrected chi connectivity index (χ1v) is 13.0. The van der Waals surface area contributed by atoms with Gasteiger partial charge in [0.25, 0.3) is 11.8 Å². The Morgan fingerprint density at radius 2 is 1.74 bits per heavy atom. The predicted molar refractivity (Wildman–Crippen MR) is 151 cm³/mol. The zero-order valence-electron chi connectivity index (χ0n) is 22.6. The van der Waals surface area contributed by atoms with Crippen LogP contribution in [-0.2, 0) is 0 Å². The summed E-state index contributed by atoms with van der Waals surface area (Å²) in [6, 6.07) is 13.1. The molecule has 0 radical (unpaired) electrons. The average Bonchev–Trinajstić information content (AvgIpc) is 3.55. The fourth-order valence-electron chi connectivity index (χ4n) is 4.70. The highest BCUT2D eigenvalue weighted by atomic mass is 16.5. The number of carbonyl (C=O) groups excluding carboxylic acids is 2. The summed E-state index contributed by atoms with van der Waals surface area (Å²) in [5, 5.41) is 13.2. The minimum Gasteiger partial charge on any atom is -0.382 e. The lowest BCUT2D eigenvalue weighted by molar-refractivity contribution is 0.101. The van der Waals surface area contributed by atoms with Gasteiger partial charge in [0.15, 0.2) is 5.69 Å². The minimum atomic E-state index is -0.383. The van der Waals surface area contributed by atoms with Crippen molar-refractivity contribution in [2.75, 3.05) is 36.1 Å². The molecule has 2 aromatic carbocycles. The number of aromatic nitrogens is 3. The van der Waals surface area contributed by atoms with Crippen molar-refractivity contribution in [1.29, 1.82) is 0 Å². The van der Waals surface area contributed by atoms with Gasteiger partial charge in [-0.05, 0) is 89.6 Å². The molecule has 1 aliphatic heterocycles. The Hall–Kier alpha value is -4.44. The van der Waals surface area contributed by atoms with Gasteiger partial charge in [-0.25, -0.2) is 4.98 Å². The van der Waals surface area contributed by atoms with E-state index in [-0.39, 0.29) is 17.5 Å². The third-order valence-electron chi connectivity index (χ3n) is 6.98. The van der Waals surface area contributed by atoms with E-state index in [0.29, 0.717) is 28.7 Å². The highest BCUT2D eigenvalue weighted by Gasteiger charge is 2.19. The van der Waals surface area contributed by atoms with E-state index in [0.717, 1.165) is 48.7 Å². The molecule has 0 spiro atoms. The zero-order chi connectivity index (χ0) is 27.5. The molecule has 0 unspecified atom stereocenters. The number of rotatable bonds is 7. The molecule has 0 saturated carbocycles. The Balaban J connectivity index is 1.38. The highest BCUT2D eigenvalue weighted by molar-refractivity contribution is 6.06. The number of benzene rings is 2. The molecule has 2 amide bonds. The Morgan fingerprint density at radius 1 is 0.949 bits per heavy atom. The molecule has 10 nitrogen and oxygen atoms in total. The molecular formula is C29H33N7O3. The number of piperidine rings is 1. The van der Waals surface area contributed by atoms with Gasteiger partial charge < -0.3 is 29.9 Å². The first kappa shape index (κ1) is 26.2. The van der Waals surface area contributed by atoms with Crippen LogP contribution in [0.2, 0.25) is 0 Å². The maximum Gasteiger partial charge on any atom is 0.277 e. The maximum absolute atomic E-state index is 13.5. The molecule has 2 aromatic heterocycles. The standard InChI is InChI=1S/C29H33N7O3/c1-18-5-6-23(17-26(18)33-29(38)27-13-19(2)39-34-27)32-28(37)21-14-24(31-22-7-10-35(4)11-8-22)16-25(15-21)36-12-9-30-20(36)3/h5-6,9,12-17,22,31H,7-8,10-11H2,1-4H3,(H,32,37)(H,33,38). The van der Waals surface area contributed by atoms with Crippen molar-refractivity contribution >= 4 is 28.9 Å². The van der Waals surface area contributed by atoms with Gasteiger partial charge in [0.05, 0.1) is 0 Å². The van der Waals surface area contributed by atoms with Crippen molar-refractivity contribution in [3.05, 3.63) is 83.3 Å². The monoisotopic (exact) mass is 527 g/mol. The van der Waals surface area contributed by atoms with Gasteiger partial charge in [-0.2, -0.15) is 0 Å². The molecule has 3 N–H and O–H groups in total. The molecule has 202 valence electrons. The fraction of sp³-hybridized carbons (Fsp3) is 0.310. The van der Waals surface area contributed by atoms with Crippen LogP contribution in [0, 0.1) is 20.8 Å². The number of imidazole rings is 1. The number of nitrogens with zero attached hydrogens (tertiary/aromatic N) is 4. The van der Waals surface area contributed by atoms with Crippen molar-refractivity contribution in [1.82, 2.24) is 19.6 Å². The van der Waals surface area contributed by atoms with Crippen LogP contribution in [0.3, 0.4) is 0 Å². The molecule has 3 heterocycles. The summed E-state index contributed by atoms with van der Waals surface area (Å²) >= 11 is 0. The molecule has 4 aromatic rings. The lowest BCUT2D eigenvalue weighted by atomic mass is 10.0. The number of aryl methyl sites for hydroxylation is 3. The van der Waals surface area contributed by atoms with Crippen molar-refractivity contribution in [2.45, 2.75) is 39.7 Å². The summed E-state index contributed by atoms with van der Waals surface area (Å²) in [6.07, 6.45) is 5.71. The Bertz CT molecular complexity index is 1500. The molecule has 1 fully saturated rings. The molecule has 39 heavy (non-hydrogen) atoms. The lowest BCUT2D eigenvalue weighted by Gasteiger charge is -2.30. The van der Waals surface area contributed by atoms with Crippen LogP contribution in [0.15, 0.2) is 59.4 Å². The fourth-order valence-corrected chi connectivity index (χ4v) is 4.70. The van der Waals surface area contributed by atoms with Crippen molar-refractivity contribution in [3.63, 3.8) is 0 Å². The van der Waals surface area contributed by atoms with Crippen molar-refractivity contribution in [2.24, 2.45) is 0 Å². The van der Waals surface area contributed by atoms with Crippen LogP contribution in [-0.4, -0.2) is 57.6 Å². The van der Waals surface area contributed by atoms with Crippen molar-refractivity contribution in [3.8, 4) is 5.69 Å². The summed E-state index contributed by atoms with van der Waals surface area (Å²) in [5.74, 6) is 0.746. The summed E-state index contributed by atoms with van der Waals surface area (Å²) in [6.45, 7) is 7.61. The SMILES string of the molecule is Cc1cc(C(=O)Nc2cc(NC(=O)c3cc(NC4CCN(C)CC4)cc(-n4ccnc4C)c3)ccc2C)no1. The summed E-state index contributed by atoms with van der Waals surface area (Å²) in [4.78, 5) is 32.7. The zero-order valence-corrected chi connectivity index (χ0v) is 22.6. The smallest absolute Gasteiger partial charge is 0.277 e. The lowest BCUT2D eigenvalue weighted by Crippen LogP contribution is -2.36. The first-order valence-electron chi connectivity index (χ1n) is 13.0. The third-order valence-corrected chi connectivity index (χ3v) is 6.98. The number of nitrogens with one attached hydrogen (secondary N) is 3. The molecule has 1 saturated heterocycles. The normalized spacial score (nSPS) is 14.3. The Morgan fingerprint density at radius 3 is 2.44 bits per heavy atom. The molecule has 0 aliphatic carbocycles. The van der Waals surface area contributed by atoms with Gasteiger partial charge >= 0.3 is 0 Å². The van der Waals surface area contributed by atoms with E-state index in [2.05, 4.69) is 44.1 Å².